The van der Waals surface area contributed by atoms with E-state index in [1.54, 1.807) is 6.92 Å². The molecule has 0 saturated heterocycles. The van der Waals surface area contributed by atoms with Gasteiger partial charge in [0.2, 0.25) is 0 Å². The van der Waals surface area contributed by atoms with Crippen LogP contribution in [0.15, 0.2) is 0 Å². The van der Waals surface area contributed by atoms with E-state index in [-0.39, 0.29) is 12.7 Å². The fourth-order valence-corrected chi connectivity index (χ4v) is 1.07. The normalized spacial score (nSPS) is 39.4. The first-order valence-corrected chi connectivity index (χ1v) is 3.04. The number of rotatable bonds is 2. The summed E-state index contributed by atoms with van der Waals surface area (Å²) in [6.07, 6.45) is 0.792. The highest BCUT2D eigenvalue weighted by Gasteiger charge is 2.39. The first kappa shape index (κ1) is 6.05. The maximum Gasteiger partial charge on any atom is 0.0543 e. The lowest BCUT2D eigenvalue weighted by Crippen LogP contribution is -2.05. The van der Waals surface area contributed by atoms with Crippen LogP contribution in [0, 0.1) is 11.8 Å². The molecule has 2 heteroatoms. The van der Waals surface area contributed by atoms with Gasteiger partial charge in [0.15, 0.2) is 0 Å². The number of hydrogen-bond donors (Lipinski definition) is 2. The van der Waals surface area contributed by atoms with Crippen molar-refractivity contribution < 1.29 is 10.2 Å². The van der Waals surface area contributed by atoms with Crippen LogP contribution in [0.1, 0.15) is 13.3 Å². The molecule has 0 bridgehead atoms. The van der Waals surface area contributed by atoms with E-state index in [0.717, 1.165) is 6.42 Å². The van der Waals surface area contributed by atoms with Gasteiger partial charge in [0.25, 0.3) is 0 Å². The van der Waals surface area contributed by atoms with E-state index in [4.69, 9.17) is 10.2 Å². The van der Waals surface area contributed by atoms with Gasteiger partial charge >= 0.3 is 0 Å². The molecule has 1 aliphatic rings. The lowest BCUT2D eigenvalue weighted by atomic mass is 10.2. The summed E-state index contributed by atoms with van der Waals surface area (Å²) in [5.74, 6) is 0.787. The number of aliphatic hydroxyl groups is 2. The molecular weight excluding hydrogens is 104 g/mol. The van der Waals surface area contributed by atoms with Gasteiger partial charge in [-0.25, -0.2) is 0 Å². The summed E-state index contributed by atoms with van der Waals surface area (Å²) < 4.78 is 0. The van der Waals surface area contributed by atoms with Crippen molar-refractivity contribution in [3.63, 3.8) is 0 Å². The smallest absolute Gasteiger partial charge is 0.0543 e. The number of hydrogen-bond acceptors (Lipinski definition) is 2. The molecule has 0 unspecified atom stereocenters. The Balaban J connectivity index is 2.16. The predicted molar refractivity (Wildman–Crippen MR) is 30.4 cm³/mol. The Morgan fingerprint density at radius 1 is 1.75 bits per heavy atom. The highest BCUT2D eigenvalue weighted by Crippen LogP contribution is 2.40. The molecule has 48 valence electrons. The quantitative estimate of drug-likeness (QED) is 0.533. The van der Waals surface area contributed by atoms with E-state index in [2.05, 4.69) is 0 Å². The van der Waals surface area contributed by atoms with E-state index in [1.165, 1.54) is 0 Å². The molecule has 3 atom stereocenters. The summed E-state index contributed by atoms with van der Waals surface area (Å²) in [6.45, 7) is 2.02. The monoisotopic (exact) mass is 116 g/mol. The maximum atomic E-state index is 8.88. The zero-order valence-electron chi connectivity index (χ0n) is 5.04. The fourth-order valence-electron chi connectivity index (χ4n) is 1.07. The van der Waals surface area contributed by atoms with Crippen molar-refractivity contribution in [3.05, 3.63) is 0 Å². The molecule has 2 N–H and O–H groups in total. The van der Waals surface area contributed by atoms with Gasteiger partial charge in [-0.1, -0.05) is 0 Å². The van der Waals surface area contributed by atoms with Gasteiger partial charge in [0.05, 0.1) is 6.10 Å². The standard InChI is InChI=1S/C6H12O2/c1-4(8)6-2-5(6)3-7/h4-8H,2-3H2,1H3/t4-,5-,6+/m1/s1. The molecule has 1 aliphatic carbocycles. The highest BCUT2D eigenvalue weighted by molar-refractivity contribution is 4.88. The van der Waals surface area contributed by atoms with Crippen molar-refractivity contribution in [2.45, 2.75) is 19.4 Å². The van der Waals surface area contributed by atoms with E-state index in [0.29, 0.717) is 11.8 Å². The highest BCUT2D eigenvalue weighted by atomic mass is 16.3. The molecule has 2 nitrogen and oxygen atoms in total. The third-order valence-corrected chi connectivity index (χ3v) is 1.83. The van der Waals surface area contributed by atoms with Crippen LogP contribution in [0.5, 0.6) is 0 Å². The molecule has 0 aromatic carbocycles. The third-order valence-electron chi connectivity index (χ3n) is 1.83. The van der Waals surface area contributed by atoms with E-state index >= 15 is 0 Å². The zero-order chi connectivity index (χ0) is 6.15. The molecule has 0 radical (unpaired) electrons. The molecule has 0 aliphatic heterocycles. The molecule has 1 fully saturated rings. The van der Waals surface area contributed by atoms with E-state index in [1.807, 2.05) is 0 Å². The Morgan fingerprint density at radius 3 is 2.50 bits per heavy atom. The van der Waals surface area contributed by atoms with Gasteiger partial charge in [-0.3, -0.25) is 0 Å². The van der Waals surface area contributed by atoms with Crippen molar-refractivity contribution in [2.75, 3.05) is 6.61 Å². The predicted octanol–water partition coefficient (Wildman–Crippen LogP) is -0.00440. The average Bonchev–Trinajstić information content (AvgIpc) is 2.42. The summed E-state index contributed by atoms with van der Waals surface area (Å²) in [5.41, 5.74) is 0. The molecule has 0 amide bonds. The van der Waals surface area contributed by atoms with Gasteiger partial charge in [-0.05, 0) is 25.2 Å². The lowest BCUT2D eigenvalue weighted by Gasteiger charge is -1.98. The minimum atomic E-state index is -0.216. The first-order chi connectivity index (χ1) is 3.75. The average molecular weight is 116 g/mol. The fraction of sp³-hybridized carbons (Fsp3) is 1.00. The van der Waals surface area contributed by atoms with Gasteiger partial charge in [-0.15, -0.1) is 0 Å². The topological polar surface area (TPSA) is 40.5 Å². The number of aliphatic hydroxyl groups excluding tert-OH is 2. The Bertz CT molecular complexity index is 80.6. The van der Waals surface area contributed by atoms with Crippen molar-refractivity contribution in [3.8, 4) is 0 Å². The second-order valence-electron chi connectivity index (χ2n) is 2.58. The molecular formula is C6H12O2. The van der Waals surface area contributed by atoms with Crippen LogP contribution in [0.25, 0.3) is 0 Å². The zero-order valence-corrected chi connectivity index (χ0v) is 5.04. The molecule has 0 aromatic rings. The minimum Gasteiger partial charge on any atom is -0.396 e. The summed E-state index contributed by atoms with van der Waals surface area (Å²) >= 11 is 0. The maximum absolute atomic E-state index is 8.88. The van der Waals surface area contributed by atoms with E-state index in [9.17, 15) is 0 Å². The van der Waals surface area contributed by atoms with Crippen LogP contribution in [0.2, 0.25) is 0 Å². The Labute approximate surface area is 49.1 Å². The van der Waals surface area contributed by atoms with Crippen LogP contribution >= 0.6 is 0 Å². The van der Waals surface area contributed by atoms with Crippen LogP contribution in [-0.4, -0.2) is 22.9 Å². The van der Waals surface area contributed by atoms with Crippen molar-refractivity contribution in [1.82, 2.24) is 0 Å². The van der Waals surface area contributed by atoms with Crippen LogP contribution in [0.4, 0.5) is 0 Å². The summed E-state index contributed by atoms with van der Waals surface area (Å²) in [7, 11) is 0. The van der Waals surface area contributed by atoms with Crippen molar-refractivity contribution in [2.24, 2.45) is 11.8 Å². The van der Waals surface area contributed by atoms with Gasteiger partial charge in [0.1, 0.15) is 0 Å². The summed E-state index contributed by atoms with van der Waals surface area (Å²) in [6, 6.07) is 0. The van der Waals surface area contributed by atoms with Crippen molar-refractivity contribution in [1.29, 1.82) is 0 Å². The minimum absolute atomic E-state index is 0.216. The van der Waals surface area contributed by atoms with E-state index < -0.39 is 0 Å². The third kappa shape index (κ3) is 1.01. The van der Waals surface area contributed by atoms with Gasteiger partial charge in [0, 0.05) is 6.61 Å². The first-order valence-electron chi connectivity index (χ1n) is 3.04. The largest absolute Gasteiger partial charge is 0.396 e. The molecule has 1 rings (SSSR count). The SMILES string of the molecule is C[C@@H](O)[C@@H]1C[C@@H]1CO. The van der Waals surface area contributed by atoms with Gasteiger partial charge in [-0.2, -0.15) is 0 Å². The molecule has 0 aromatic heterocycles. The summed E-state index contributed by atoms with van der Waals surface area (Å²) in [5, 5.41) is 17.4. The van der Waals surface area contributed by atoms with Crippen LogP contribution in [-0.2, 0) is 0 Å². The van der Waals surface area contributed by atoms with Crippen molar-refractivity contribution >= 4 is 0 Å². The Hall–Kier alpha value is -0.0800. The Morgan fingerprint density at radius 2 is 2.38 bits per heavy atom. The Kier molecular flexibility index (Phi) is 1.54. The van der Waals surface area contributed by atoms with Crippen LogP contribution < -0.4 is 0 Å². The molecule has 0 heterocycles. The molecule has 1 saturated carbocycles. The van der Waals surface area contributed by atoms with Gasteiger partial charge < -0.3 is 10.2 Å². The molecule has 8 heavy (non-hydrogen) atoms. The second-order valence-corrected chi connectivity index (χ2v) is 2.58. The lowest BCUT2D eigenvalue weighted by molar-refractivity contribution is 0.153. The second kappa shape index (κ2) is 2.03. The van der Waals surface area contributed by atoms with Crippen LogP contribution in [0.3, 0.4) is 0 Å². The molecule has 0 spiro atoms. The summed E-state index contributed by atoms with van der Waals surface area (Å²) in [4.78, 5) is 0.